The fraction of sp³-hybridized carbons (Fsp3) is 0.474. The molecular weight excluding hydrogens is 332 g/mol. The molecule has 0 saturated heterocycles. The summed E-state index contributed by atoms with van der Waals surface area (Å²) in [6, 6.07) is 7.10. The fourth-order valence-corrected chi connectivity index (χ4v) is 3.19. The van der Waals surface area contributed by atoms with Gasteiger partial charge in [-0.3, -0.25) is 9.59 Å². The minimum atomic E-state index is -0.659. The van der Waals surface area contributed by atoms with Crippen LogP contribution in [0.5, 0.6) is 0 Å². The van der Waals surface area contributed by atoms with E-state index in [4.69, 9.17) is 4.52 Å². The molecule has 138 valence electrons. The molecule has 2 amide bonds. The summed E-state index contributed by atoms with van der Waals surface area (Å²) in [5.41, 5.74) is 1.22. The molecule has 1 heterocycles. The molecular formula is C19H24N4O3. The van der Waals surface area contributed by atoms with E-state index in [9.17, 15) is 9.59 Å². The van der Waals surface area contributed by atoms with Gasteiger partial charge in [-0.05, 0) is 25.0 Å². The second kappa shape index (κ2) is 8.60. The number of benzene rings is 1. The van der Waals surface area contributed by atoms with Crippen LogP contribution in [0.15, 0.2) is 28.8 Å². The first-order valence-corrected chi connectivity index (χ1v) is 9.14. The van der Waals surface area contributed by atoms with E-state index in [1.807, 2.05) is 6.07 Å². The highest BCUT2D eigenvalue weighted by Gasteiger charge is 2.19. The van der Waals surface area contributed by atoms with Crippen molar-refractivity contribution in [2.24, 2.45) is 0 Å². The second-order valence-electron chi connectivity index (χ2n) is 6.69. The lowest BCUT2D eigenvalue weighted by Gasteiger charge is -2.20. The van der Waals surface area contributed by atoms with Crippen LogP contribution in [0, 0.1) is 6.92 Å². The standard InChI is InChI=1S/C19H24N4O3/c1-13-20-17(23-26-13)14-8-7-11-16(12-14)22-19(25)18(24)21-15-9-5-3-2-4-6-10-15/h7-8,11-12,15H,2-6,9-10H2,1H3,(H,21,24)(H,22,25). The minimum Gasteiger partial charge on any atom is -0.345 e. The van der Waals surface area contributed by atoms with Gasteiger partial charge in [0, 0.05) is 24.2 Å². The van der Waals surface area contributed by atoms with Crippen molar-refractivity contribution in [3.05, 3.63) is 30.2 Å². The third-order valence-electron chi connectivity index (χ3n) is 4.55. The predicted octanol–water partition coefficient (Wildman–Crippen LogP) is 3.21. The lowest BCUT2D eigenvalue weighted by atomic mass is 9.97. The van der Waals surface area contributed by atoms with Crippen molar-refractivity contribution in [3.8, 4) is 11.4 Å². The van der Waals surface area contributed by atoms with Crippen LogP contribution in [0.25, 0.3) is 11.4 Å². The van der Waals surface area contributed by atoms with Crippen LogP contribution < -0.4 is 10.6 Å². The molecule has 2 aromatic rings. The molecule has 1 aromatic heterocycles. The van der Waals surface area contributed by atoms with Gasteiger partial charge in [-0.2, -0.15) is 4.98 Å². The maximum Gasteiger partial charge on any atom is 0.313 e. The Morgan fingerprint density at radius 2 is 1.81 bits per heavy atom. The first-order chi connectivity index (χ1) is 12.6. The maximum atomic E-state index is 12.2. The van der Waals surface area contributed by atoms with Gasteiger partial charge in [-0.25, -0.2) is 0 Å². The Kier molecular flexibility index (Phi) is 5.99. The number of anilines is 1. The first kappa shape index (κ1) is 18.1. The third kappa shape index (κ3) is 4.91. The van der Waals surface area contributed by atoms with Crippen LogP contribution >= 0.6 is 0 Å². The first-order valence-electron chi connectivity index (χ1n) is 9.14. The Bertz CT molecular complexity index is 764. The summed E-state index contributed by atoms with van der Waals surface area (Å²) in [7, 11) is 0. The normalized spacial score (nSPS) is 15.7. The predicted molar refractivity (Wildman–Crippen MR) is 97.4 cm³/mol. The summed E-state index contributed by atoms with van der Waals surface area (Å²) in [6.07, 6.45) is 7.72. The number of amides is 2. The quantitative estimate of drug-likeness (QED) is 0.823. The number of carbonyl (C=O) groups excluding carboxylic acids is 2. The van der Waals surface area contributed by atoms with E-state index >= 15 is 0 Å². The van der Waals surface area contributed by atoms with Gasteiger partial charge in [-0.1, -0.05) is 49.4 Å². The van der Waals surface area contributed by atoms with Gasteiger partial charge in [0.15, 0.2) is 0 Å². The molecule has 1 fully saturated rings. The summed E-state index contributed by atoms with van der Waals surface area (Å²) in [6.45, 7) is 1.71. The zero-order valence-corrected chi connectivity index (χ0v) is 15.0. The minimum absolute atomic E-state index is 0.0854. The molecule has 0 radical (unpaired) electrons. The lowest BCUT2D eigenvalue weighted by molar-refractivity contribution is -0.136. The number of nitrogens with zero attached hydrogens (tertiary/aromatic N) is 2. The smallest absolute Gasteiger partial charge is 0.313 e. The van der Waals surface area contributed by atoms with Gasteiger partial charge in [0.25, 0.3) is 0 Å². The second-order valence-corrected chi connectivity index (χ2v) is 6.69. The summed E-state index contributed by atoms with van der Waals surface area (Å²) in [4.78, 5) is 28.6. The van der Waals surface area contributed by atoms with E-state index < -0.39 is 11.8 Å². The topological polar surface area (TPSA) is 97.1 Å². The van der Waals surface area contributed by atoms with Gasteiger partial charge in [0.1, 0.15) is 0 Å². The number of rotatable bonds is 3. The number of hydrogen-bond donors (Lipinski definition) is 2. The number of hydrogen-bond acceptors (Lipinski definition) is 5. The Morgan fingerprint density at radius 3 is 2.50 bits per heavy atom. The molecule has 0 spiro atoms. The molecule has 0 unspecified atom stereocenters. The molecule has 3 rings (SSSR count). The van der Waals surface area contributed by atoms with Crippen LogP contribution in [-0.4, -0.2) is 28.0 Å². The van der Waals surface area contributed by atoms with Crippen molar-refractivity contribution >= 4 is 17.5 Å². The van der Waals surface area contributed by atoms with Crippen molar-refractivity contribution in [2.75, 3.05) is 5.32 Å². The molecule has 1 aliphatic carbocycles. The van der Waals surface area contributed by atoms with E-state index in [1.54, 1.807) is 25.1 Å². The van der Waals surface area contributed by atoms with E-state index in [2.05, 4.69) is 20.8 Å². The van der Waals surface area contributed by atoms with Gasteiger partial charge >= 0.3 is 11.8 Å². The van der Waals surface area contributed by atoms with E-state index in [1.165, 1.54) is 19.3 Å². The fourth-order valence-electron chi connectivity index (χ4n) is 3.19. The number of aromatic nitrogens is 2. The van der Waals surface area contributed by atoms with Gasteiger partial charge in [-0.15, -0.1) is 0 Å². The van der Waals surface area contributed by atoms with Crippen molar-refractivity contribution in [1.29, 1.82) is 0 Å². The number of nitrogens with one attached hydrogen (secondary N) is 2. The molecule has 2 N–H and O–H groups in total. The number of aryl methyl sites for hydroxylation is 1. The van der Waals surface area contributed by atoms with E-state index in [0.717, 1.165) is 25.7 Å². The van der Waals surface area contributed by atoms with Crippen LogP contribution in [0.2, 0.25) is 0 Å². The number of carbonyl (C=O) groups is 2. The zero-order chi connectivity index (χ0) is 18.4. The average Bonchev–Trinajstić information content (AvgIpc) is 3.04. The monoisotopic (exact) mass is 356 g/mol. The Labute approximate surface area is 152 Å². The zero-order valence-electron chi connectivity index (χ0n) is 15.0. The lowest BCUT2D eigenvalue weighted by Crippen LogP contribution is -2.42. The highest BCUT2D eigenvalue weighted by Crippen LogP contribution is 2.20. The van der Waals surface area contributed by atoms with Gasteiger partial charge < -0.3 is 15.2 Å². The van der Waals surface area contributed by atoms with E-state index in [0.29, 0.717) is 23.0 Å². The molecule has 1 aliphatic rings. The SMILES string of the molecule is Cc1nc(-c2cccc(NC(=O)C(=O)NC3CCCCCCC3)c2)no1. The Hall–Kier alpha value is -2.70. The van der Waals surface area contributed by atoms with Crippen LogP contribution in [0.3, 0.4) is 0 Å². The summed E-state index contributed by atoms with van der Waals surface area (Å²) < 4.78 is 4.97. The highest BCUT2D eigenvalue weighted by atomic mass is 16.5. The molecule has 0 bridgehead atoms. The van der Waals surface area contributed by atoms with Crippen molar-refractivity contribution in [1.82, 2.24) is 15.5 Å². The molecule has 0 aliphatic heterocycles. The van der Waals surface area contributed by atoms with Crippen molar-refractivity contribution in [2.45, 2.75) is 57.9 Å². The van der Waals surface area contributed by atoms with Crippen LogP contribution in [0.1, 0.15) is 50.8 Å². The van der Waals surface area contributed by atoms with Gasteiger partial charge in [0.05, 0.1) is 0 Å². The van der Waals surface area contributed by atoms with Crippen molar-refractivity contribution < 1.29 is 14.1 Å². The molecule has 26 heavy (non-hydrogen) atoms. The maximum absolute atomic E-state index is 12.2. The van der Waals surface area contributed by atoms with Crippen molar-refractivity contribution in [3.63, 3.8) is 0 Å². The average molecular weight is 356 g/mol. The largest absolute Gasteiger partial charge is 0.345 e. The highest BCUT2D eigenvalue weighted by molar-refractivity contribution is 6.39. The molecule has 1 saturated carbocycles. The molecule has 7 nitrogen and oxygen atoms in total. The van der Waals surface area contributed by atoms with Crippen LogP contribution in [0.4, 0.5) is 5.69 Å². The molecule has 0 atom stereocenters. The Morgan fingerprint density at radius 1 is 1.08 bits per heavy atom. The summed E-state index contributed by atoms with van der Waals surface area (Å²) in [5, 5.41) is 9.36. The third-order valence-corrected chi connectivity index (χ3v) is 4.55. The summed E-state index contributed by atoms with van der Waals surface area (Å²) >= 11 is 0. The van der Waals surface area contributed by atoms with Gasteiger partial charge in [0.2, 0.25) is 11.7 Å². The molecule has 1 aromatic carbocycles. The van der Waals surface area contributed by atoms with Crippen LogP contribution in [-0.2, 0) is 9.59 Å². The van der Waals surface area contributed by atoms with E-state index in [-0.39, 0.29) is 6.04 Å². The Balaban J connectivity index is 1.59. The summed E-state index contributed by atoms with van der Waals surface area (Å²) in [5.74, 6) is -0.338. The molecule has 7 heteroatoms.